The van der Waals surface area contributed by atoms with Crippen LogP contribution in [-0.4, -0.2) is 29.0 Å². The second-order valence-corrected chi connectivity index (χ2v) is 4.54. The third kappa shape index (κ3) is 2.71. The zero-order valence-corrected chi connectivity index (χ0v) is 7.82. The Hall–Kier alpha value is -0.753. The number of carbonyl (C=O) groups is 1. The molecule has 0 rings (SSSR count). The molecule has 0 aromatic carbocycles. The second-order valence-electron chi connectivity index (χ2n) is 2.55. The molecule has 0 radical (unpaired) electrons. The molecule has 1 unspecified atom stereocenters. The number of rotatable bonds is 4. The Morgan fingerprint density at radius 2 is 1.92 bits per heavy atom. The van der Waals surface area contributed by atoms with Crippen LogP contribution < -0.4 is 0 Å². The third-order valence-corrected chi connectivity index (χ3v) is 2.69. The van der Waals surface area contributed by atoms with Gasteiger partial charge in [-0.2, -0.15) is 0 Å². The van der Waals surface area contributed by atoms with Crippen molar-refractivity contribution < 1.29 is 19.2 Å². The van der Waals surface area contributed by atoms with E-state index in [-0.39, 0.29) is 5.57 Å². The average molecular weight is 188 g/mol. The molecule has 0 heterocycles. The first kappa shape index (κ1) is 11.2. The quantitative estimate of drug-likeness (QED) is 0.319. The van der Waals surface area contributed by atoms with Gasteiger partial charge in [0.05, 0.1) is 0 Å². The summed E-state index contributed by atoms with van der Waals surface area (Å²) in [6, 6.07) is 0. The Morgan fingerprint density at radius 3 is 2.00 bits per heavy atom. The van der Waals surface area contributed by atoms with Gasteiger partial charge in [0.2, 0.25) is 0 Å². The summed E-state index contributed by atoms with van der Waals surface area (Å²) in [5.41, 5.74) is -1.15. The van der Waals surface area contributed by atoms with Crippen molar-refractivity contribution in [3.63, 3.8) is 0 Å². The van der Waals surface area contributed by atoms with E-state index in [1.54, 1.807) is 0 Å². The molecule has 0 aliphatic rings. The van der Waals surface area contributed by atoms with Crippen LogP contribution in [0.2, 0.25) is 5.54 Å². The van der Waals surface area contributed by atoms with Crippen LogP contribution in [0.25, 0.3) is 0 Å². The smallest absolute Gasteiger partial charge is 0.389 e. The van der Waals surface area contributed by atoms with Crippen molar-refractivity contribution in [3.05, 3.63) is 24.8 Å². The minimum atomic E-state index is -4.44. The molecule has 0 amide bonds. The normalized spacial score (nSPS) is 13.7. The first-order valence-electron chi connectivity index (χ1n) is 3.30. The van der Waals surface area contributed by atoms with Gasteiger partial charge in [0.15, 0.2) is 5.78 Å². The summed E-state index contributed by atoms with van der Waals surface area (Å²) >= 11 is 0. The lowest BCUT2D eigenvalue weighted by Crippen LogP contribution is -2.43. The van der Waals surface area contributed by atoms with E-state index in [4.69, 9.17) is 14.4 Å². The Balaban J connectivity index is 4.69. The SMILES string of the molecule is C=CC(C(=O)C(=C)C)[Si](O)(O)O. The average Bonchev–Trinajstić information content (AvgIpc) is 1.85. The fourth-order valence-electron chi connectivity index (χ4n) is 0.706. The minimum Gasteiger partial charge on any atom is -0.389 e. The van der Waals surface area contributed by atoms with E-state index in [9.17, 15) is 4.79 Å². The molecule has 3 N–H and O–H groups in total. The number of carbonyl (C=O) groups excluding carboxylic acids is 1. The summed E-state index contributed by atoms with van der Waals surface area (Å²) in [7, 11) is -4.44. The molecular formula is C7H12O4Si. The van der Waals surface area contributed by atoms with Crippen molar-refractivity contribution in [2.24, 2.45) is 0 Å². The van der Waals surface area contributed by atoms with Gasteiger partial charge in [-0.1, -0.05) is 12.7 Å². The van der Waals surface area contributed by atoms with Gasteiger partial charge in [-0.15, -0.1) is 6.58 Å². The zero-order chi connectivity index (χ0) is 9.94. The molecule has 68 valence electrons. The first-order valence-corrected chi connectivity index (χ1v) is 5.22. The van der Waals surface area contributed by atoms with Crippen LogP contribution in [0.4, 0.5) is 0 Å². The fraction of sp³-hybridized carbons (Fsp3) is 0.286. The molecule has 0 saturated carbocycles. The standard InChI is InChI=1S/C7H12O4Si/c1-4-6(12(9,10)11)7(8)5(2)3/h4,6,9-11H,1-2H2,3H3. The van der Waals surface area contributed by atoms with Crippen LogP contribution in [-0.2, 0) is 4.79 Å². The first-order chi connectivity index (χ1) is 5.30. The van der Waals surface area contributed by atoms with Crippen molar-refractivity contribution in [2.45, 2.75) is 12.5 Å². The molecular weight excluding hydrogens is 176 g/mol. The molecule has 12 heavy (non-hydrogen) atoms. The summed E-state index contributed by atoms with van der Waals surface area (Å²) in [6.45, 7) is 7.98. The highest BCUT2D eigenvalue weighted by Crippen LogP contribution is 2.19. The highest BCUT2D eigenvalue weighted by molar-refractivity contribution is 6.64. The van der Waals surface area contributed by atoms with Gasteiger partial charge in [-0.05, 0) is 12.5 Å². The van der Waals surface area contributed by atoms with Crippen molar-refractivity contribution in [2.75, 3.05) is 0 Å². The Labute approximate surface area is 71.8 Å². The van der Waals surface area contributed by atoms with Gasteiger partial charge in [-0.25, -0.2) is 0 Å². The lowest BCUT2D eigenvalue weighted by Gasteiger charge is -2.17. The molecule has 0 saturated heterocycles. The molecule has 0 aromatic heterocycles. The summed E-state index contributed by atoms with van der Waals surface area (Å²) in [5.74, 6) is -0.593. The van der Waals surface area contributed by atoms with Gasteiger partial charge < -0.3 is 14.4 Å². The predicted octanol–water partition coefficient (Wildman–Crippen LogP) is -0.396. The minimum absolute atomic E-state index is 0.161. The van der Waals surface area contributed by atoms with E-state index in [2.05, 4.69) is 13.2 Å². The second kappa shape index (κ2) is 3.77. The van der Waals surface area contributed by atoms with Crippen LogP contribution in [0.5, 0.6) is 0 Å². The lowest BCUT2D eigenvalue weighted by molar-refractivity contribution is -0.115. The van der Waals surface area contributed by atoms with Gasteiger partial charge in [0, 0.05) is 0 Å². The molecule has 0 bridgehead atoms. The zero-order valence-electron chi connectivity index (χ0n) is 6.82. The topological polar surface area (TPSA) is 77.8 Å². The van der Waals surface area contributed by atoms with Crippen LogP contribution in [0.15, 0.2) is 24.8 Å². The van der Waals surface area contributed by atoms with Gasteiger partial charge in [0.1, 0.15) is 5.54 Å². The van der Waals surface area contributed by atoms with Crippen LogP contribution in [0.3, 0.4) is 0 Å². The summed E-state index contributed by atoms with van der Waals surface area (Å²) < 4.78 is 0. The maximum absolute atomic E-state index is 11.1. The summed E-state index contributed by atoms with van der Waals surface area (Å²) in [6.07, 6.45) is 1.02. The van der Waals surface area contributed by atoms with E-state index >= 15 is 0 Å². The third-order valence-electron chi connectivity index (χ3n) is 1.36. The lowest BCUT2D eigenvalue weighted by atomic mass is 10.1. The van der Waals surface area contributed by atoms with Crippen molar-refractivity contribution in [3.8, 4) is 0 Å². The number of allylic oxidation sites excluding steroid dienone is 2. The highest BCUT2D eigenvalue weighted by Gasteiger charge is 2.42. The molecule has 1 atom stereocenters. The number of ketones is 1. The number of hydrogen-bond acceptors (Lipinski definition) is 4. The maximum atomic E-state index is 11.1. The Bertz CT molecular complexity index is 216. The largest absolute Gasteiger partial charge is 0.508 e. The van der Waals surface area contributed by atoms with Gasteiger partial charge in [0.25, 0.3) is 0 Å². The molecule has 4 nitrogen and oxygen atoms in total. The van der Waals surface area contributed by atoms with Gasteiger partial charge in [-0.3, -0.25) is 4.79 Å². The van der Waals surface area contributed by atoms with Gasteiger partial charge >= 0.3 is 8.80 Å². The van der Waals surface area contributed by atoms with Crippen molar-refractivity contribution >= 4 is 14.6 Å². The van der Waals surface area contributed by atoms with E-state index in [0.717, 1.165) is 6.08 Å². The summed E-state index contributed by atoms with van der Waals surface area (Å²) in [4.78, 5) is 37.5. The Morgan fingerprint density at radius 1 is 1.50 bits per heavy atom. The highest BCUT2D eigenvalue weighted by atomic mass is 28.4. The van der Waals surface area contributed by atoms with E-state index in [1.165, 1.54) is 6.92 Å². The maximum Gasteiger partial charge on any atom is 0.508 e. The molecule has 5 heteroatoms. The molecule has 0 fully saturated rings. The molecule has 0 aromatic rings. The van der Waals surface area contributed by atoms with E-state index in [0.29, 0.717) is 0 Å². The monoisotopic (exact) mass is 188 g/mol. The van der Waals surface area contributed by atoms with Crippen molar-refractivity contribution in [1.29, 1.82) is 0 Å². The number of hydrogen-bond donors (Lipinski definition) is 3. The van der Waals surface area contributed by atoms with Crippen LogP contribution >= 0.6 is 0 Å². The Kier molecular flexibility index (Phi) is 3.53. The van der Waals surface area contributed by atoms with Crippen molar-refractivity contribution in [1.82, 2.24) is 0 Å². The molecule has 0 spiro atoms. The van der Waals surface area contributed by atoms with E-state index in [1.807, 2.05) is 0 Å². The number of Topliss-reactive ketones (excluding diaryl/α,β-unsaturated/α-hetero) is 1. The molecule has 0 aliphatic carbocycles. The summed E-state index contributed by atoms with van der Waals surface area (Å²) in [5, 5.41) is 0. The predicted molar refractivity (Wildman–Crippen MR) is 46.2 cm³/mol. The van der Waals surface area contributed by atoms with Crippen LogP contribution in [0.1, 0.15) is 6.92 Å². The van der Waals surface area contributed by atoms with E-state index < -0.39 is 20.1 Å². The van der Waals surface area contributed by atoms with Crippen LogP contribution in [0, 0.1) is 0 Å². The fourth-order valence-corrected chi connectivity index (χ4v) is 1.62. The molecule has 0 aliphatic heterocycles.